The van der Waals surface area contributed by atoms with Crippen molar-refractivity contribution in [2.45, 2.75) is 18.3 Å². The normalized spacial score (nSPS) is 24.2. The molecule has 1 fully saturated rings. The standard InChI is InChI=1S/C18H14BrNO4/c1-20-14-8-7-12(19)9-13(14)18(17(20)22)15(24-18)16(21)23-10-11-5-3-2-4-6-11/h2-9,15H,10H2,1H3/t15-,18+/m1/s1. The van der Waals surface area contributed by atoms with E-state index in [9.17, 15) is 9.59 Å². The zero-order valence-corrected chi connectivity index (χ0v) is 14.4. The van der Waals surface area contributed by atoms with E-state index in [1.54, 1.807) is 7.05 Å². The molecule has 0 radical (unpaired) electrons. The Balaban J connectivity index is 1.55. The fourth-order valence-electron chi connectivity index (χ4n) is 3.11. The fourth-order valence-corrected chi connectivity index (χ4v) is 3.47. The third-order valence-electron chi connectivity index (χ3n) is 4.40. The van der Waals surface area contributed by atoms with Crippen LogP contribution < -0.4 is 4.90 Å². The number of benzene rings is 2. The molecule has 0 saturated carbocycles. The molecule has 0 unspecified atom stereocenters. The molecule has 2 aliphatic heterocycles. The Kier molecular flexibility index (Phi) is 3.47. The maximum Gasteiger partial charge on any atom is 0.339 e. The van der Waals surface area contributed by atoms with Gasteiger partial charge in [-0.1, -0.05) is 46.3 Å². The van der Waals surface area contributed by atoms with Crippen molar-refractivity contribution in [1.82, 2.24) is 0 Å². The highest BCUT2D eigenvalue weighted by Crippen LogP contribution is 2.56. The average molecular weight is 388 g/mol. The zero-order valence-electron chi connectivity index (χ0n) is 12.9. The van der Waals surface area contributed by atoms with Gasteiger partial charge in [-0.3, -0.25) is 4.79 Å². The lowest BCUT2D eigenvalue weighted by Crippen LogP contribution is -2.33. The third kappa shape index (κ3) is 2.17. The van der Waals surface area contributed by atoms with Gasteiger partial charge in [0.05, 0.1) is 5.69 Å². The molecule has 6 heteroatoms. The van der Waals surface area contributed by atoms with Gasteiger partial charge in [0.25, 0.3) is 5.91 Å². The van der Waals surface area contributed by atoms with Crippen LogP contribution in [0, 0.1) is 0 Å². The first-order valence-electron chi connectivity index (χ1n) is 7.50. The Morgan fingerprint density at radius 3 is 2.79 bits per heavy atom. The summed E-state index contributed by atoms with van der Waals surface area (Å²) in [5.41, 5.74) is 1.10. The van der Waals surface area contributed by atoms with Crippen molar-refractivity contribution >= 4 is 33.5 Å². The number of likely N-dealkylation sites (N-methyl/N-ethyl adjacent to an activating group) is 1. The van der Waals surface area contributed by atoms with Crippen LogP contribution in [0.25, 0.3) is 0 Å². The predicted octanol–water partition coefficient (Wildman–Crippen LogP) is 2.76. The summed E-state index contributed by atoms with van der Waals surface area (Å²) in [4.78, 5) is 26.5. The number of esters is 1. The number of carbonyl (C=O) groups excluding carboxylic acids is 2. The van der Waals surface area contributed by atoms with E-state index in [4.69, 9.17) is 9.47 Å². The Bertz CT molecular complexity index is 838. The van der Waals surface area contributed by atoms with Gasteiger partial charge in [0.2, 0.25) is 5.60 Å². The zero-order chi connectivity index (χ0) is 16.9. The topological polar surface area (TPSA) is 59.1 Å². The number of fused-ring (bicyclic) bond motifs is 2. The molecule has 5 nitrogen and oxygen atoms in total. The van der Waals surface area contributed by atoms with Crippen LogP contribution in [0.5, 0.6) is 0 Å². The number of anilines is 1. The second-order valence-electron chi connectivity index (χ2n) is 5.85. The summed E-state index contributed by atoms with van der Waals surface area (Å²) in [6.45, 7) is 0.158. The Labute approximate surface area is 147 Å². The van der Waals surface area contributed by atoms with E-state index in [0.717, 1.165) is 15.7 Å². The van der Waals surface area contributed by atoms with Crippen molar-refractivity contribution in [3.05, 3.63) is 64.1 Å². The van der Waals surface area contributed by atoms with Crippen LogP contribution in [0.4, 0.5) is 5.69 Å². The summed E-state index contributed by atoms with van der Waals surface area (Å²) >= 11 is 3.40. The Hall–Kier alpha value is -2.18. The first-order valence-corrected chi connectivity index (χ1v) is 8.30. The minimum atomic E-state index is -1.23. The second-order valence-corrected chi connectivity index (χ2v) is 6.77. The molecule has 2 aromatic rings. The molecular weight excluding hydrogens is 374 g/mol. The van der Waals surface area contributed by atoms with Gasteiger partial charge in [-0.2, -0.15) is 0 Å². The van der Waals surface area contributed by atoms with Gasteiger partial charge < -0.3 is 14.4 Å². The summed E-state index contributed by atoms with van der Waals surface area (Å²) in [7, 11) is 1.68. The van der Waals surface area contributed by atoms with Gasteiger partial charge in [0.15, 0.2) is 6.10 Å². The van der Waals surface area contributed by atoms with E-state index >= 15 is 0 Å². The summed E-state index contributed by atoms with van der Waals surface area (Å²) in [5.74, 6) is -0.759. The number of ether oxygens (including phenoxy) is 2. The molecule has 1 spiro atoms. The molecule has 1 saturated heterocycles. The van der Waals surface area contributed by atoms with Gasteiger partial charge in [-0.15, -0.1) is 0 Å². The van der Waals surface area contributed by atoms with Crippen LogP contribution in [0.2, 0.25) is 0 Å². The highest BCUT2D eigenvalue weighted by molar-refractivity contribution is 9.10. The van der Waals surface area contributed by atoms with E-state index in [-0.39, 0.29) is 12.5 Å². The van der Waals surface area contributed by atoms with Crippen LogP contribution >= 0.6 is 15.9 Å². The fraction of sp³-hybridized carbons (Fsp3) is 0.222. The SMILES string of the molecule is CN1C(=O)[C@]2(O[C@@H]2C(=O)OCc2ccccc2)c2cc(Br)ccc21. The van der Waals surface area contributed by atoms with Crippen LogP contribution in [0.1, 0.15) is 11.1 Å². The van der Waals surface area contributed by atoms with E-state index in [0.29, 0.717) is 5.56 Å². The average Bonchev–Trinajstić information content (AvgIpc) is 3.32. The summed E-state index contributed by atoms with van der Waals surface area (Å²) in [6, 6.07) is 14.9. The molecule has 0 bridgehead atoms. The van der Waals surface area contributed by atoms with Crippen molar-refractivity contribution < 1.29 is 19.1 Å². The first-order chi connectivity index (χ1) is 11.5. The Morgan fingerprint density at radius 2 is 2.04 bits per heavy atom. The van der Waals surface area contributed by atoms with Crippen LogP contribution in [-0.2, 0) is 31.3 Å². The molecule has 1 amide bonds. The second kappa shape index (κ2) is 5.43. The number of amides is 1. The highest BCUT2D eigenvalue weighted by Gasteiger charge is 2.72. The molecule has 0 aliphatic carbocycles. The lowest BCUT2D eigenvalue weighted by atomic mass is 9.97. The minimum absolute atomic E-state index is 0.158. The third-order valence-corrected chi connectivity index (χ3v) is 4.89. The monoisotopic (exact) mass is 387 g/mol. The molecular formula is C18H14BrNO4. The maximum absolute atomic E-state index is 12.6. The lowest BCUT2D eigenvalue weighted by Gasteiger charge is -2.08. The Morgan fingerprint density at radius 1 is 1.29 bits per heavy atom. The van der Waals surface area contributed by atoms with E-state index in [2.05, 4.69) is 15.9 Å². The van der Waals surface area contributed by atoms with Crippen LogP contribution in [0.3, 0.4) is 0 Å². The van der Waals surface area contributed by atoms with Crippen molar-refractivity contribution in [3.63, 3.8) is 0 Å². The number of carbonyl (C=O) groups is 2. The van der Waals surface area contributed by atoms with Gasteiger partial charge >= 0.3 is 5.97 Å². The molecule has 24 heavy (non-hydrogen) atoms. The maximum atomic E-state index is 12.6. The van der Waals surface area contributed by atoms with E-state index in [1.807, 2.05) is 48.5 Å². The minimum Gasteiger partial charge on any atom is -0.459 e. The van der Waals surface area contributed by atoms with Gasteiger partial charge in [-0.05, 0) is 23.8 Å². The number of nitrogens with zero attached hydrogens (tertiary/aromatic N) is 1. The quantitative estimate of drug-likeness (QED) is 0.600. The largest absolute Gasteiger partial charge is 0.459 e. The van der Waals surface area contributed by atoms with Crippen molar-refractivity contribution in [2.75, 3.05) is 11.9 Å². The summed E-state index contributed by atoms with van der Waals surface area (Å²) in [5, 5.41) is 0. The highest BCUT2D eigenvalue weighted by atomic mass is 79.9. The lowest BCUT2D eigenvalue weighted by molar-refractivity contribution is -0.146. The number of halogens is 1. The van der Waals surface area contributed by atoms with Crippen molar-refractivity contribution in [2.24, 2.45) is 0 Å². The molecule has 122 valence electrons. The van der Waals surface area contributed by atoms with Crippen LogP contribution in [-0.4, -0.2) is 25.0 Å². The van der Waals surface area contributed by atoms with Gasteiger partial charge in [-0.25, -0.2) is 4.79 Å². The van der Waals surface area contributed by atoms with E-state index < -0.39 is 17.7 Å². The van der Waals surface area contributed by atoms with Crippen molar-refractivity contribution in [3.8, 4) is 0 Å². The first kappa shape index (κ1) is 15.4. The van der Waals surface area contributed by atoms with Gasteiger partial charge in [0, 0.05) is 17.1 Å². The number of epoxide rings is 1. The van der Waals surface area contributed by atoms with Gasteiger partial charge in [0.1, 0.15) is 6.61 Å². The van der Waals surface area contributed by atoms with Crippen molar-refractivity contribution in [1.29, 1.82) is 0 Å². The number of rotatable bonds is 3. The molecule has 0 aromatic heterocycles. The van der Waals surface area contributed by atoms with E-state index in [1.165, 1.54) is 4.90 Å². The van der Waals surface area contributed by atoms with Crippen LogP contribution in [0.15, 0.2) is 53.0 Å². The molecule has 4 rings (SSSR count). The number of hydrogen-bond acceptors (Lipinski definition) is 4. The molecule has 0 N–H and O–H groups in total. The molecule has 2 aromatic carbocycles. The number of hydrogen-bond donors (Lipinski definition) is 0. The summed E-state index contributed by atoms with van der Waals surface area (Å²) in [6.07, 6.45) is -0.897. The predicted molar refractivity (Wildman–Crippen MR) is 90.3 cm³/mol. The molecule has 2 atom stereocenters. The molecule has 2 heterocycles. The smallest absolute Gasteiger partial charge is 0.339 e. The molecule has 2 aliphatic rings. The summed E-state index contributed by atoms with van der Waals surface area (Å²) < 4.78 is 11.7.